The summed E-state index contributed by atoms with van der Waals surface area (Å²) in [5.74, 6) is 0.904. The van der Waals surface area contributed by atoms with Crippen molar-refractivity contribution in [1.82, 2.24) is 9.97 Å². The number of nitro benzene ring substituents is 1. The average Bonchev–Trinajstić information content (AvgIpc) is 2.87. The van der Waals surface area contributed by atoms with Gasteiger partial charge in [0.05, 0.1) is 22.9 Å². The number of nitro groups is 1. The van der Waals surface area contributed by atoms with Crippen molar-refractivity contribution in [3.05, 3.63) is 45.4 Å². The maximum absolute atomic E-state index is 10.9. The van der Waals surface area contributed by atoms with Crippen molar-refractivity contribution in [2.24, 2.45) is 11.7 Å². The van der Waals surface area contributed by atoms with Crippen LogP contribution in [0.2, 0.25) is 5.02 Å². The van der Waals surface area contributed by atoms with Crippen LogP contribution in [0.4, 0.5) is 5.69 Å². The number of aromatic nitrogens is 2. The van der Waals surface area contributed by atoms with Gasteiger partial charge in [0.1, 0.15) is 10.8 Å². The Kier molecular flexibility index (Phi) is 4.06. The number of nitrogens with zero attached hydrogens (tertiary/aromatic N) is 2. The molecule has 0 aliphatic heterocycles. The van der Waals surface area contributed by atoms with Crippen molar-refractivity contribution in [2.75, 3.05) is 0 Å². The first-order valence-corrected chi connectivity index (χ1v) is 6.52. The van der Waals surface area contributed by atoms with E-state index in [1.54, 1.807) is 12.3 Å². The minimum absolute atomic E-state index is 0.109. The molecule has 1 unspecified atom stereocenters. The number of nitrogens with one attached hydrogen (secondary N) is 1. The Morgan fingerprint density at radius 3 is 2.75 bits per heavy atom. The van der Waals surface area contributed by atoms with Crippen molar-refractivity contribution in [2.45, 2.75) is 19.9 Å². The molecule has 6 nitrogen and oxygen atoms in total. The SMILES string of the molecule is CC(C)C(N)c1ncc(-c2ccc(Cl)c([N+](=O)[O-])c2)[nH]1. The Balaban J connectivity index is 2.38. The first-order chi connectivity index (χ1) is 9.40. The summed E-state index contributed by atoms with van der Waals surface area (Å²) >= 11 is 5.79. The molecule has 1 aromatic heterocycles. The fourth-order valence-electron chi connectivity index (χ4n) is 1.79. The molecule has 0 saturated heterocycles. The maximum atomic E-state index is 10.9. The smallest absolute Gasteiger partial charge is 0.288 e. The Bertz CT molecular complexity index is 639. The molecule has 0 saturated carbocycles. The topological polar surface area (TPSA) is 97.8 Å². The number of aromatic amines is 1. The molecule has 0 aliphatic rings. The molecule has 0 amide bonds. The molecule has 1 atom stereocenters. The van der Waals surface area contributed by atoms with Gasteiger partial charge in [0.2, 0.25) is 0 Å². The standard InChI is InChI=1S/C13H15ClN4O2/c1-7(2)12(15)13-16-6-10(17-13)8-3-4-9(14)11(5-8)18(19)20/h3-7,12H,15H2,1-2H3,(H,16,17). The zero-order valence-corrected chi connectivity index (χ0v) is 11.9. The van der Waals surface area contributed by atoms with Crippen LogP contribution in [-0.2, 0) is 0 Å². The molecule has 20 heavy (non-hydrogen) atoms. The lowest BCUT2D eigenvalue weighted by molar-refractivity contribution is -0.384. The van der Waals surface area contributed by atoms with Crippen LogP contribution in [0.15, 0.2) is 24.4 Å². The van der Waals surface area contributed by atoms with E-state index < -0.39 is 4.92 Å². The summed E-state index contributed by atoms with van der Waals surface area (Å²) < 4.78 is 0. The van der Waals surface area contributed by atoms with E-state index in [9.17, 15) is 10.1 Å². The lowest BCUT2D eigenvalue weighted by Crippen LogP contribution is -2.18. The predicted molar refractivity (Wildman–Crippen MR) is 77.5 cm³/mol. The fourth-order valence-corrected chi connectivity index (χ4v) is 1.98. The molecule has 7 heteroatoms. The van der Waals surface area contributed by atoms with Gasteiger partial charge in [-0.05, 0) is 12.0 Å². The van der Waals surface area contributed by atoms with Gasteiger partial charge in [-0.3, -0.25) is 10.1 Å². The highest BCUT2D eigenvalue weighted by Crippen LogP contribution is 2.30. The monoisotopic (exact) mass is 294 g/mol. The predicted octanol–water partition coefficient (Wildman–Crippen LogP) is 3.29. The minimum Gasteiger partial charge on any atom is -0.341 e. The summed E-state index contributed by atoms with van der Waals surface area (Å²) in [6.45, 7) is 4.00. The lowest BCUT2D eigenvalue weighted by Gasteiger charge is -2.12. The summed E-state index contributed by atoms with van der Waals surface area (Å²) in [5, 5.41) is 11.0. The van der Waals surface area contributed by atoms with Gasteiger partial charge in [0.25, 0.3) is 5.69 Å². The number of halogens is 1. The lowest BCUT2D eigenvalue weighted by atomic mass is 10.1. The molecular formula is C13H15ClN4O2. The summed E-state index contributed by atoms with van der Waals surface area (Å²) in [7, 11) is 0. The summed E-state index contributed by atoms with van der Waals surface area (Å²) in [6.07, 6.45) is 1.62. The number of rotatable bonds is 4. The second-order valence-corrected chi connectivity index (χ2v) is 5.28. The van der Waals surface area contributed by atoms with Gasteiger partial charge >= 0.3 is 0 Å². The number of hydrogen-bond acceptors (Lipinski definition) is 4. The summed E-state index contributed by atoms with van der Waals surface area (Å²) in [6, 6.07) is 4.41. The molecule has 0 aliphatic carbocycles. The van der Waals surface area contributed by atoms with Crippen LogP contribution in [0, 0.1) is 16.0 Å². The molecule has 0 spiro atoms. The van der Waals surface area contributed by atoms with Crippen LogP contribution < -0.4 is 5.73 Å². The first-order valence-electron chi connectivity index (χ1n) is 6.15. The molecule has 2 aromatic rings. The van der Waals surface area contributed by atoms with Gasteiger partial charge < -0.3 is 10.7 Å². The fraction of sp³-hybridized carbons (Fsp3) is 0.308. The third-order valence-electron chi connectivity index (χ3n) is 3.08. The van der Waals surface area contributed by atoms with Crippen LogP contribution in [0.25, 0.3) is 11.3 Å². The highest BCUT2D eigenvalue weighted by molar-refractivity contribution is 6.32. The van der Waals surface area contributed by atoms with E-state index >= 15 is 0 Å². The van der Waals surface area contributed by atoms with Gasteiger partial charge in [-0.2, -0.15) is 0 Å². The summed E-state index contributed by atoms with van der Waals surface area (Å²) in [5.41, 5.74) is 7.20. The molecule has 3 N–H and O–H groups in total. The third kappa shape index (κ3) is 2.81. The van der Waals surface area contributed by atoms with Crippen molar-refractivity contribution in [1.29, 1.82) is 0 Å². The van der Waals surface area contributed by atoms with Gasteiger partial charge in [-0.15, -0.1) is 0 Å². The molecule has 1 aromatic carbocycles. The number of nitrogens with two attached hydrogens (primary N) is 1. The number of H-pyrrole nitrogens is 1. The second kappa shape index (κ2) is 5.60. The van der Waals surface area contributed by atoms with Crippen LogP contribution in [-0.4, -0.2) is 14.9 Å². The Hall–Kier alpha value is -1.92. The summed E-state index contributed by atoms with van der Waals surface area (Å²) in [4.78, 5) is 17.7. The van der Waals surface area contributed by atoms with Crippen molar-refractivity contribution >= 4 is 17.3 Å². The van der Waals surface area contributed by atoms with Gasteiger partial charge in [-0.1, -0.05) is 31.5 Å². The number of imidazole rings is 1. The van der Waals surface area contributed by atoms with E-state index in [2.05, 4.69) is 9.97 Å². The average molecular weight is 295 g/mol. The molecular weight excluding hydrogens is 280 g/mol. The van der Waals surface area contributed by atoms with E-state index in [4.69, 9.17) is 17.3 Å². The highest BCUT2D eigenvalue weighted by atomic mass is 35.5. The largest absolute Gasteiger partial charge is 0.341 e. The normalized spacial score (nSPS) is 12.7. The van der Waals surface area contributed by atoms with Crippen LogP contribution in [0.3, 0.4) is 0 Å². The zero-order valence-electron chi connectivity index (χ0n) is 11.1. The minimum atomic E-state index is -0.511. The van der Waals surface area contributed by atoms with Crippen molar-refractivity contribution in [3.8, 4) is 11.3 Å². The maximum Gasteiger partial charge on any atom is 0.288 e. The van der Waals surface area contributed by atoms with E-state index in [0.717, 1.165) is 0 Å². The molecule has 0 fully saturated rings. The van der Waals surface area contributed by atoms with Gasteiger partial charge in [-0.25, -0.2) is 4.98 Å². The van der Waals surface area contributed by atoms with Crippen molar-refractivity contribution < 1.29 is 4.92 Å². The van der Waals surface area contributed by atoms with E-state index in [-0.39, 0.29) is 22.7 Å². The van der Waals surface area contributed by atoms with Gasteiger partial charge in [0.15, 0.2) is 0 Å². The molecule has 0 radical (unpaired) electrons. The molecule has 106 valence electrons. The van der Waals surface area contributed by atoms with Crippen LogP contribution >= 0.6 is 11.6 Å². The molecule has 1 heterocycles. The Morgan fingerprint density at radius 2 is 2.15 bits per heavy atom. The first kappa shape index (κ1) is 14.5. The van der Waals surface area contributed by atoms with E-state index in [1.807, 2.05) is 13.8 Å². The Morgan fingerprint density at radius 1 is 1.45 bits per heavy atom. The quantitative estimate of drug-likeness (QED) is 0.667. The van der Waals surface area contributed by atoms with Crippen LogP contribution in [0.1, 0.15) is 25.7 Å². The number of hydrogen-bond donors (Lipinski definition) is 2. The van der Waals surface area contributed by atoms with E-state index in [1.165, 1.54) is 12.1 Å². The Labute approximate surface area is 121 Å². The van der Waals surface area contributed by atoms with Crippen LogP contribution in [0.5, 0.6) is 0 Å². The van der Waals surface area contributed by atoms with E-state index in [0.29, 0.717) is 17.1 Å². The second-order valence-electron chi connectivity index (χ2n) is 4.88. The third-order valence-corrected chi connectivity index (χ3v) is 3.40. The van der Waals surface area contributed by atoms with Crippen molar-refractivity contribution in [3.63, 3.8) is 0 Å². The number of benzene rings is 1. The zero-order chi connectivity index (χ0) is 14.9. The highest BCUT2D eigenvalue weighted by Gasteiger charge is 2.17. The molecule has 2 rings (SSSR count). The molecule has 0 bridgehead atoms. The van der Waals surface area contributed by atoms with Gasteiger partial charge in [0, 0.05) is 11.6 Å².